The molecule has 0 saturated heterocycles. The van der Waals surface area contributed by atoms with Crippen molar-refractivity contribution in [2.24, 2.45) is 11.8 Å². The Morgan fingerprint density at radius 2 is 2.42 bits per heavy atom. The van der Waals surface area contributed by atoms with Crippen LogP contribution >= 0.6 is 0 Å². The third-order valence-corrected chi connectivity index (χ3v) is 2.24. The molecule has 0 fully saturated rings. The molecule has 1 aliphatic rings. The molecule has 0 amide bonds. The van der Waals surface area contributed by atoms with Gasteiger partial charge in [-0.2, -0.15) is 0 Å². The van der Waals surface area contributed by atoms with Crippen molar-refractivity contribution < 1.29 is 5.11 Å². The molecule has 2 atom stereocenters. The van der Waals surface area contributed by atoms with Gasteiger partial charge in [-0.15, -0.1) is 5.92 Å². The van der Waals surface area contributed by atoms with Crippen molar-refractivity contribution >= 4 is 0 Å². The molecular weight excluding hydrogens is 148 g/mol. The quantitative estimate of drug-likeness (QED) is 0.488. The largest absolute Gasteiger partial charge is 0.396 e. The minimum absolute atomic E-state index is 0.288. The molecule has 1 rings (SSSR count). The molecule has 0 saturated carbocycles. The number of aliphatic hydroxyl groups is 1. The van der Waals surface area contributed by atoms with Gasteiger partial charge in [0.25, 0.3) is 0 Å². The van der Waals surface area contributed by atoms with Gasteiger partial charge in [0.1, 0.15) is 0 Å². The maximum atomic E-state index is 8.79. The molecule has 0 spiro atoms. The molecule has 0 aromatic rings. The Labute approximate surface area is 74.5 Å². The van der Waals surface area contributed by atoms with E-state index in [2.05, 4.69) is 30.9 Å². The van der Waals surface area contributed by atoms with Gasteiger partial charge in [-0.3, -0.25) is 0 Å². The van der Waals surface area contributed by atoms with Gasteiger partial charge in [0.2, 0.25) is 0 Å². The Kier molecular flexibility index (Phi) is 3.90. The lowest BCUT2D eigenvalue weighted by atomic mass is 9.93. The van der Waals surface area contributed by atoms with Gasteiger partial charge in [0.05, 0.1) is 0 Å². The van der Waals surface area contributed by atoms with Crippen molar-refractivity contribution in [1.82, 2.24) is 0 Å². The van der Waals surface area contributed by atoms with Crippen molar-refractivity contribution in [2.45, 2.75) is 26.2 Å². The van der Waals surface area contributed by atoms with Crippen LogP contribution in [0.15, 0.2) is 12.2 Å². The first-order chi connectivity index (χ1) is 5.88. The van der Waals surface area contributed by atoms with Crippen molar-refractivity contribution in [3.05, 3.63) is 12.2 Å². The summed E-state index contributed by atoms with van der Waals surface area (Å²) >= 11 is 0. The summed E-state index contributed by atoms with van der Waals surface area (Å²) in [5.41, 5.74) is 0. The number of aliphatic hydroxyl groups excluding tert-OH is 1. The minimum atomic E-state index is 0.288. The van der Waals surface area contributed by atoms with Crippen LogP contribution < -0.4 is 0 Å². The number of hydrogen-bond donors (Lipinski definition) is 1. The lowest BCUT2D eigenvalue weighted by Crippen LogP contribution is -2.07. The molecule has 0 bridgehead atoms. The van der Waals surface area contributed by atoms with Crippen molar-refractivity contribution in [2.75, 3.05) is 6.61 Å². The summed E-state index contributed by atoms with van der Waals surface area (Å²) < 4.78 is 0. The summed E-state index contributed by atoms with van der Waals surface area (Å²) in [6, 6.07) is 0. The summed E-state index contributed by atoms with van der Waals surface area (Å²) in [5, 5.41) is 8.79. The summed E-state index contributed by atoms with van der Waals surface area (Å²) in [7, 11) is 0. The van der Waals surface area contributed by atoms with Crippen LogP contribution in [0.1, 0.15) is 26.2 Å². The molecule has 1 aliphatic carbocycles. The molecule has 0 heterocycles. The second kappa shape index (κ2) is 5.00. The highest BCUT2D eigenvalue weighted by Crippen LogP contribution is 2.27. The van der Waals surface area contributed by atoms with Crippen molar-refractivity contribution in [3.8, 4) is 11.8 Å². The Bertz CT molecular complexity index is 207. The Morgan fingerprint density at radius 1 is 1.58 bits per heavy atom. The fourth-order valence-electron chi connectivity index (χ4n) is 1.55. The van der Waals surface area contributed by atoms with Crippen LogP contribution in [-0.2, 0) is 0 Å². The molecular formula is C11H16O. The van der Waals surface area contributed by atoms with Gasteiger partial charge in [-0.05, 0) is 18.8 Å². The molecule has 1 heteroatoms. The zero-order valence-corrected chi connectivity index (χ0v) is 7.59. The normalized spacial score (nSPS) is 26.8. The number of rotatable bonds is 2. The minimum Gasteiger partial charge on any atom is -0.396 e. The molecule has 0 aromatic carbocycles. The van der Waals surface area contributed by atoms with Crippen LogP contribution in [0, 0.1) is 23.7 Å². The van der Waals surface area contributed by atoms with E-state index in [1.54, 1.807) is 0 Å². The highest BCUT2D eigenvalue weighted by Gasteiger charge is 2.19. The van der Waals surface area contributed by atoms with Crippen LogP contribution in [-0.4, -0.2) is 11.7 Å². The fraction of sp³-hybridized carbons (Fsp3) is 0.636. The van der Waals surface area contributed by atoms with Gasteiger partial charge < -0.3 is 5.11 Å². The van der Waals surface area contributed by atoms with E-state index in [1.165, 1.54) is 0 Å². The average Bonchev–Trinajstić information content (AvgIpc) is 2.50. The highest BCUT2D eigenvalue weighted by atomic mass is 16.3. The van der Waals surface area contributed by atoms with E-state index < -0.39 is 0 Å². The van der Waals surface area contributed by atoms with Crippen molar-refractivity contribution in [3.63, 3.8) is 0 Å². The maximum absolute atomic E-state index is 8.79. The van der Waals surface area contributed by atoms with Crippen LogP contribution in [0.2, 0.25) is 0 Å². The van der Waals surface area contributed by atoms with E-state index in [0.717, 1.165) is 19.3 Å². The SMILES string of the molecule is CCC#CC1C=CCC1CCO. The first kappa shape index (κ1) is 9.35. The summed E-state index contributed by atoms with van der Waals surface area (Å²) in [6.45, 7) is 2.35. The van der Waals surface area contributed by atoms with Crippen LogP contribution in [0.5, 0.6) is 0 Å². The number of hydrogen-bond acceptors (Lipinski definition) is 1. The van der Waals surface area contributed by atoms with E-state index in [1.807, 2.05) is 0 Å². The average molecular weight is 164 g/mol. The zero-order valence-electron chi connectivity index (χ0n) is 7.59. The van der Waals surface area contributed by atoms with Crippen LogP contribution in [0.25, 0.3) is 0 Å². The van der Waals surface area contributed by atoms with Crippen molar-refractivity contribution in [1.29, 1.82) is 0 Å². The first-order valence-corrected chi connectivity index (χ1v) is 4.64. The van der Waals surface area contributed by atoms with Gasteiger partial charge in [-0.1, -0.05) is 25.0 Å². The first-order valence-electron chi connectivity index (χ1n) is 4.64. The van der Waals surface area contributed by atoms with E-state index in [4.69, 9.17) is 5.11 Å². The lowest BCUT2D eigenvalue weighted by Gasteiger charge is -2.11. The summed E-state index contributed by atoms with van der Waals surface area (Å²) in [4.78, 5) is 0. The second-order valence-electron chi connectivity index (χ2n) is 3.14. The third-order valence-electron chi connectivity index (χ3n) is 2.24. The Balaban J connectivity index is 2.45. The molecule has 12 heavy (non-hydrogen) atoms. The predicted octanol–water partition coefficient (Wildman–Crippen LogP) is 1.97. The summed E-state index contributed by atoms with van der Waals surface area (Å²) in [5.74, 6) is 7.28. The molecule has 0 aliphatic heterocycles. The molecule has 0 aromatic heterocycles. The summed E-state index contributed by atoms with van der Waals surface area (Å²) in [6.07, 6.45) is 7.24. The third kappa shape index (κ3) is 2.39. The van der Waals surface area contributed by atoms with E-state index in [-0.39, 0.29) is 6.61 Å². The topological polar surface area (TPSA) is 20.2 Å². The van der Waals surface area contributed by atoms with Gasteiger partial charge in [-0.25, -0.2) is 0 Å². The molecule has 0 radical (unpaired) electrons. The highest BCUT2D eigenvalue weighted by molar-refractivity contribution is 5.16. The predicted molar refractivity (Wildman–Crippen MR) is 50.5 cm³/mol. The van der Waals surface area contributed by atoms with Gasteiger partial charge in [0, 0.05) is 18.9 Å². The second-order valence-corrected chi connectivity index (χ2v) is 3.14. The zero-order chi connectivity index (χ0) is 8.81. The maximum Gasteiger partial charge on any atom is 0.0434 e. The van der Waals surface area contributed by atoms with Gasteiger partial charge in [0.15, 0.2) is 0 Å². The Hall–Kier alpha value is -0.740. The fourth-order valence-corrected chi connectivity index (χ4v) is 1.55. The van der Waals surface area contributed by atoms with Crippen LogP contribution in [0.4, 0.5) is 0 Å². The van der Waals surface area contributed by atoms with E-state index in [0.29, 0.717) is 11.8 Å². The lowest BCUT2D eigenvalue weighted by molar-refractivity contribution is 0.251. The monoisotopic (exact) mass is 164 g/mol. The number of allylic oxidation sites excluding steroid dienone is 2. The molecule has 66 valence electrons. The molecule has 1 nitrogen and oxygen atoms in total. The molecule has 2 unspecified atom stereocenters. The smallest absolute Gasteiger partial charge is 0.0434 e. The Morgan fingerprint density at radius 3 is 3.08 bits per heavy atom. The molecule has 1 N–H and O–H groups in total. The van der Waals surface area contributed by atoms with Crippen LogP contribution in [0.3, 0.4) is 0 Å². The van der Waals surface area contributed by atoms with Gasteiger partial charge >= 0.3 is 0 Å². The van der Waals surface area contributed by atoms with E-state index >= 15 is 0 Å². The van der Waals surface area contributed by atoms with E-state index in [9.17, 15) is 0 Å². The standard InChI is InChI=1S/C11H16O/c1-2-3-5-10-6-4-7-11(10)8-9-12/h4,6,10-12H,2,7-9H2,1H3.